The van der Waals surface area contributed by atoms with Crippen molar-refractivity contribution in [1.29, 1.82) is 0 Å². The molecule has 0 amide bonds. The Labute approximate surface area is 123 Å². The van der Waals surface area contributed by atoms with Crippen LogP contribution in [0.25, 0.3) is 5.57 Å². The molecule has 20 heavy (non-hydrogen) atoms. The molecule has 2 rings (SSSR count). The molecule has 2 nitrogen and oxygen atoms in total. The molecular formula is C18H26N2. The molecule has 0 aromatic heterocycles. The van der Waals surface area contributed by atoms with Gasteiger partial charge in [-0.3, -0.25) is 0 Å². The molecule has 0 spiro atoms. The fourth-order valence-electron chi connectivity index (χ4n) is 2.94. The van der Waals surface area contributed by atoms with Crippen LogP contribution in [0.1, 0.15) is 19.4 Å². The molecule has 0 radical (unpaired) electrons. The molecule has 0 fully saturated rings. The summed E-state index contributed by atoms with van der Waals surface area (Å²) in [6, 6.07) is 10.7. The van der Waals surface area contributed by atoms with Crippen molar-refractivity contribution < 1.29 is 0 Å². The van der Waals surface area contributed by atoms with Crippen LogP contribution in [-0.4, -0.2) is 43.0 Å². The van der Waals surface area contributed by atoms with Crippen LogP contribution in [0.4, 0.5) is 0 Å². The number of benzene rings is 1. The van der Waals surface area contributed by atoms with Crippen LogP contribution in [0, 0.1) is 5.92 Å². The van der Waals surface area contributed by atoms with Gasteiger partial charge < -0.3 is 9.80 Å². The third-order valence-electron chi connectivity index (χ3n) is 4.09. The first-order chi connectivity index (χ1) is 9.65. The van der Waals surface area contributed by atoms with Gasteiger partial charge in [0.15, 0.2) is 0 Å². The molecule has 0 saturated carbocycles. The highest BCUT2D eigenvalue weighted by atomic mass is 15.2. The van der Waals surface area contributed by atoms with Crippen molar-refractivity contribution in [2.45, 2.75) is 13.8 Å². The van der Waals surface area contributed by atoms with Crippen LogP contribution in [0.2, 0.25) is 0 Å². The number of hydrogen-bond donors (Lipinski definition) is 0. The highest BCUT2D eigenvalue weighted by Crippen LogP contribution is 2.27. The van der Waals surface area contributed by atoms with Gasteiger partial charge in [-0.1, -0.05) is 43.0 Å². The lowest BCUT2D eigenvalue weighted by molar-refractivity contribution is 0.285. The van der Waals surface area contributed by atoms with Crippen molar-refractivity contribution in [2.24, 2.45) is 5.92 Å². The molecule has 0 N–H and O–H groups in total. The van der Waals surface area contributed by atoms with Crippen molar-refractivity contribution in [1.82, 2.24) is 9.80 Å². The lowest BCUT2D eigenvalue weighted by Crippen LogP contribution is -2.36. The number of hydrogen-bond acceptors (Lipinski definition) is 2. The first-order valence-electron chi connectivity index (χ1n) is 7.54. The largest absolute Gasteiger partial charge is 0.375 e. The van der Waals surface area contributed by atoms with E-state index in [0.29, 0.717) is 5.92 Å². The lowest BCUT2D eigenvalue weighted by atomic mass is 9.93. The van der Waals surface area contributed by atoms with Gasteiger partial charge in [-0.05, 0) is 32.0 Å². The Bertz CT molecular complexity index is 471. The third-order valence-corrected chi connectivity index (χ3v) is 4.09. The predicted molar refractivity (Wildman–Crippen MR) is 87.5 cm³/mol. The topological polar surface area (TPSA) is 6.48 Å². The first-order valence-corrected chi connectivity index (χ1v) is 7.54. The van der Waals surface area contributed by atoms with E-state index in [-0.39, 0.29) is 0 Å². The zero-order valence-corrected chi connectivity index (χ0v) is 13.0. The van der Waals surface area contributed by atoms with Gasteiger partial charge in [-0.2, -0.15) is 0 Å². The van der Waals surface area contributed by atoms with E-state index in [4.69, 9.17) is 0 Å². The molecule has 1 aliphatic heterocycles. The minimum Gasteiger partial charge on any atom is -0.375 e. The van der Waals surface area contributed by atoms with E-state index in [9.17, 15) is 0 Å². The molecular weight excluding hydrogens is 244 g/mol. The van der Waals surface area contributed by atoms with Crippen LogP contribution in [0.15, 0.2) is 48.7 Å². The van der Waals surface area contributed by atoms with Gasteiger partial charge in [0, 0.05) is 37.8 Å². The summed E-state index contributed by atoms with van der Waals surface area (Å²) < 4.78 is 0. The molecule has 1 aliphatic rings. The van der Waals surface area contributed by atoms with Gasteiger partial charge in [-0.15, -0.1) is 0 Å². The Kier molecular flexibility index (Phi) is 5.02. The molecule has 0 saturated heterocycles. The average Bonchev–Trinajstić information content (AvgIpc) is 2.48. The van der Waals surface area contributed by atoms with Gasteiger partial charge in [0.1, 0.15) is 0 Å². The summed E-state index contributed by atoms with van der Waals surface area (Å²) in [5.74, 6) is 0.420. The fraction of sp³-hybridized carbons (Fsp3) is 0.444. The second-order valence-corrected chi connectivity index (χ2v) is 5.52. The average molecular weight is 270 g/mol. The second-order valence-electron chi connectivity index (χ2n) is 5.52. The van der Waals surface area contributed by atoms with Crippen molar-refractivity contribution in [2.75, 3.05) is 33.2 Å². The zero-order chi connectivity index (χ0) is 14.5. The summed E-state index contributed by atoms with van der Waals surface area (Å²) >= 11 is 0. The second kappa shape index (κ2) is 6.76. The summed E-state index contributed by atoms with van der Waals surface area (Å²) in [4.78, 5) is 4.75. The summed E-state index contributed by atoms with van der Waals surface area (Å²) in [5, 5.41) is 0. The highest BCUT2D eigenvalue weighted by molar-refractivity contribution is 5.68. The van der Waals surface area contributed by atoms with Gasteiger partial charge >= 0.3 is 0 Å². The molecule has 108 valence electrons. The zero-order valence-electron chi connectivity index (χ0n) is 13.0. The number of likely N-dealkylation sites (N-methyl/N-ethyl adjacent to an activating group) is 1. The minimum absolute atomic E-state index is 0.420. The van der Waals surface area contributed by atoms with Crippen LogP contribution < -0.4 is 0 Å². The Balaban J connectivity index is 2.24. The van der Waals surface area contributed by atoms with Crippen LogP contribution in [-0.2, 0) is 0 Å². The van der Waals surface area contributed by atoms with Crippen molar-refractivity contribution in [3.05, 3.63) is 54.2 Å². The summed E-state index contributed by atoms with van der Waals surface area (Å²) in [7, 11) is 2.19. The third kappa shape index (κ3) is 3.31. The summed E-state index contributed by atoms with van der Waals surface area (Å²) in [5.41, 5.74) is 3.99. The molecule has 1 aromatic rings. The molecule has 1 aromatic carbocycles. The lowest BCUT2D eigenvalue weighted by Gasteiger charge is -2.35. The normalized spacial score (nSPS) is 19.6. The Morgan fingerprint density at radius 3 is 2.50 bits per heavy atom. The number of nitrogens with zero attached hydrogens (tertiary/aromatic N) is 2. The van der Waals surface area contributed by atoms with Gasteiger partial charge in [-0.25, -0.2) is 0 Å². The molecule has 1 heterocycles. The van der Waals surface area contributed by atoms with Crippen molar-refractivity contribution >= 4 is 5.57 Å². The summed E-state index contributed by atoms with van der Waals surface area (Å²) in [6.07, 6.45) is 2.41. The van der Waals surface area contributed by atoms with E-state index < -0.39 is 0 Å². The SMILES string of the molecule is C=C([C@H]1C=C(c2ccccc2)CN(C)C1)N(CC)CC. The Morgan fingerprint density at radius 1 is 1.25 bits per heavy atom. The monoisotopic (exact) mass is 270 g/mol. The first kappa shape index (κ1) is 14.9. The molecule has 2 heteroatoms. The standard InChI is InChI=1S/C18H26N2/c1-5-20(6-2)15(3)17-12-18(14-19(4)13-17)16-10-8-7-9-11-16/h7-12,17H,3,5-6,13-14H2,1-2,4H3/t17-/m0/s1. The maximum Gasteiger partial charge on any atom is 0.0296 e. The van der Waals surface area contributed by atoms with Crippen LogP contribution in [0.3, 0.4) is 0 Å². The van der Waals surface area contributed by atoms with Gasteiger partial charge in [0.25, 0.3) is 0 Å². The Hall–Kier alpha value is -1.54. The summed E-state index contributed by atoms with van der Waals surface area (Å²) in [6.45, 7) is 12.9. The fourth-order valence-corrected chi connectivity index (χ4v) is 2.94. The van der Waals surface area contributed by atoms with Crippen molar-refractivity contribution in [3.8, 4) is 0 Å². The van der Waals surface area contributed by atoms with Crippen LogP contribution in [0.5, 0.6) is 0 Å². The Morgan fingerprint density at radius 2 is 1.90 bits per heavy atom. The van der Waals surface area contributed by atoms with Gasteiger partial charge in [0.2, 0.25) is 0 Å². The predicted octanol–water partition coefficient (Wildman–Crippen LogP) is 3.49. The molecule has 0 unspecified atom stereocenters. The minimum atomic E-state index is 0.420. The molecule has 1 atom stereocenters. The maximum absolute atomic E-state index is 4.34. The molecule has 0 aliphatic carbocycles. The van der Waals surface area contributed by atoms with Crippen LogP contribution >= 0.6 is 0 Å². The van der Waals surface area contributed by atoms with Gasteiger partial charge in [0.05, 0.1) is 0 Å². The van der Waals surface area contributed by atoms with E-state index in [1.54, 1.807) is 0 Å². The van der Waals surface area contributed by atoms with E-state index in [1.807, 2.05) is 0 Å². The van der Waals surface area contributed by atoms with Crippen molar-refractivity contribution in [3.63, 3.8) is 0 Å². The quantitative estimate of drug-likeness (QED) is 0.808. The van der Waals surface area contributed by atoms with E-state index in [2.05, 4.69) is 73.7 Å². The van der Waals surface area contributed by atoms with E-state index >= 15 is 0 Å². The highest BCUT2D eigenvalue weighted by Gasteiger charge is 2.22. The van der Waals surface area contributed by atoms with E-state index in [0.717, 1.165) is 26.2 Å². The smallest absolute Gasteiger partial charge is 0.0296 e. The molecule has 0 bridgehead atoms. The maximum atomic E-state index is 4.34. The van der Waals surface area contributed by atoms with E-state index in [1.165, 1.54) is 16.8 Å². The number of rotatable bonds is 5.